The molecule has 2 aromatic carbocycles. The van der Waals surface area contributed by atoms with E-state index in [0.717, 1.165) is 11.1 Å². The zero-order valence-corrected chi connectivity index (χ0v) is 12.5. The summed E-state index contributed by atoms with van der Waals surface area (Å²) in [6.45, 7) is 4.46. The van der Waals surface area contributed by atoms with Crippen LogP contribution in [-0.2, 0) is 4.84 Å². The van der Waals surface area contributed by atoms with Crippen molar-refractivity contribution in [2.45, 2.75) is 20.1 Å². The van der Waals surface area contributed by atoms with Crippen LogP contribution in [0.1, 0.15) is 29.8 Å². The first kappa shape index (κ1) is 14.4. The molecule has 22 heavy (non-hydrogen) atoms. The van der Waals surface area contributed by atoms with E-state index >= 15 is 0 Å². The van der Waals surface area contributed by atoms with Crippen molar-refractivity contribution in [1.82, 2.24) is 5.48 Å². The molecule has 2 N–H and O–H groups in total. The van der Waals surface area contributed by atoms with Gasteiger partial charge in [-0.3, -0.25) is 0 Å². The van der Waals surface area contributed by atoms with Crippen LogP contribution in [0.2, 0.25) is 0 Å². The average molecular weight is 298 g/mol. The molecule has 0 radical (unpaired) electrons. The number of amidine groups is 1. The molecule has 0 aromatic heterocycles. The van der Waals surface area contributed by atoms with E-state index in [2.05, 4.69) is 10.5 Å². The first-order valence-corrected chi connectivity index (χ1v) is 7.20. The summed E-state index contributed by atoms with van der Waals surface area (Å²) < 4.78 is 5.36. The highest BCUT2D eigenvalue weighted by Crippen LogP contribution is 2.33. The van der Waals surface area contributed by atoms with Gasteiger partial charge in [0.05, 0.1) is 6.61 Å². The number of rotatable bonds is 4. The Labute approximate surface area is 129 Å². The van der Waals surface area contributed by atoms with E-state index in [1.165, 1.54) is 0 Å². The Bertz CT molecular complexity index is 713. The van der Waals surface area contributed by atoms with E-state index < -0.39 is 6.23 Å². The van der Waals surface area contributed by atoms with Crippen LogP contribution in [0, 0.1) is 6.92 Å². The van der Waals surface area contributed by atoms with Crippen LogP contribution in [0.3, 0.4) is 0 Å². The Kier molecular flexibility index (Phi) is 3.98. The molecule has 1 heterocycles. The largest absolute Gasteiger partial charge is 0.507 e. The molecule has 1 aliphatic heterocycles. The van der Waals surface area contributed by atoms with Gasteiger partial charge < -0.3 is 9.84 Å². The second kappa shape index (κ2) is 6.07. The fraction of sp³-hybridized carbons (Fsp3) is 0.235. The smallest absolute Gasteiger partial charge is 0.206 e. The minimum Gasteiger partial charge on any atom is -0.507 e. The zero-order chi connectivity index (χ0) is 15.5. The van der Waals surface area contributed by atoms with Crippen molar-refractivity contribution < 1.29 is 14.7 Å². The molecule has 0 aliphatic carbocycles. The quantitative estimate of drug-likeness (QED) is 0.910. The Morgan fingerprint density at radius 3 is 2.82 bits per heavy atom. The predicted octanol–water partition coefficient (Wildman–Crippen LogP) is 3.08. The topological polar surface area (TPSA) is 63.1 Å². The van der Waals surface area contributed by atoms with Gasteiger partial charge in [0, 0.05) is 17.2 Å². The zero-order valence-electron chi connectivity index (χ0n) is 12.5. The van der Waals surface area contributed by atoms with E-state index in [1.807, 2.05) is 38.1 Å². The number of hydroxylamine groups is 1. The van der Waals surface area contributed by atoms with Crippen LogP contribution in [0.25, 0.3) is 0 Å². The number of aliphatic imine (C=N–C) groups is 1. The maximum atomic E-state index is 10.1. The number of aryl methyl sites for hydroxylation is 1. The number of hydrogen-bond acceptors (Lipinski definition) is 5. The number of hydrogen-bond donors (Lipinski definition) is 2. The molecule has 0 unspecified atom stereocenters. The lowest BCUT2D eigenvalue weighted by molar-refractivity contribution is 0.0362. The normalized spacial score (nSPS) is 17.0. The van der Waals surface area contributed by atoms with Gasteiger partial charge in [0.25, 0.3) is 0 Å². The molecule has 0 fully saturated rings. The first-order valence-electron chi connectivity index (χ1n) is 7.20. The molecule has 0 saturated heterocycles. The van der Waals surface area contributed by atoms with Gasteiger partial charge in [-0.05, 0) is 31.5 Å². The molecular weight excluding hydrogens is 280 g/mol. The van der Waals surface area contributed by atoms with Crippen molar-refractivity contribution in [3.63, 3.8) is 0 Å². The lowest BCUT2D eigenvalue weighted by atomic mass is 10.1. The maximum absolute atomic E-state index is 10.1. The third-order valence-corrected chi connectivity index (χ3v) is 3.49. The summed E-state index contributed by atoms with van der Waals surface area (Å²) in [5, 5.41) is 10.1. The van der Waals surface area contributed by atoms with E-state index in [4.69, 9.17) is 9.57 Å². The second-order valence-corrected chi connectivity index (χ2v) is 5.02. The van der Waals surface area contributed by atoms with E-state index in [0.29, 0.717) is 23.8 Å². The van der Waals surface area contributed by atoms with Gasteiger partial charge in [0.1, 0.15) is 11.5 Å². The van der Waals surface area contributed by atoms with Crippen molar-refractivity contribution in [2.24, 2.45) is 4.99 Å². The van der Waals surface area contributed by atoms with Gasteiger partial charge in [-0.2, -0.15) is 0 Å². The summed E-state index contributed by atoms with van der Waals surface area (Å²) in [7, 11) is 0. The summed E-state index contributed by atoms with van der Waals surface area (Å²) in [5.41, 5.74) is 5.52. The lowest BCUT2D eigenvalue weighted by Crippen LogP contribution is -2.19. The molecule has 3 rings (SSSR count). The Hall–Kier alpha value is -2.53. The minimum absolute atomic E-state index is 0.104. The Morgan fingerprint density at radius 1 is 1.27 bits per heavy atom. The number of ether oxygens (including phenoxy) is 1. The van der Waals surface area contributed by atoms with Crippen LogP contribution in [0.4, 0.5) is 0 Å². The van der Waals surface area contributed by atoms with Crippen molar-refractivity contribution in [3.05, 3.63) is 59.2 Å². The molecule has 114 valence electrons. The number of nitrogens with zero attached hydrogens (tertiary/aromatic N) is 1. The number of benzene rings is 2. The third-order valence-electron chi connectivity index (χ3n) is 3.49. The number of phenols is 1. The van der Waals surface area contributed by atoms with Crippen LogP contribution < -0.4 is 10.2 Å². The monoisotopic (exact) mass is 298 g/mol. The SMILES string of the molecule is CCOc1ccc([C@@H]2N=C(c3ccccc3C)NO2)c(O)c1. The molecule has 2 aromatic rings. The van der Waals surface area contributed by atoms with Crippen molar-refractivity contribution in [1.29, 1.82) is 0 Å². The molecule has 0 bridgehead atoms. The summed E-state index contributed by atoms with van der Waals surface area (Å²) in [6.07, 6.45) is -0.578. The fourth-order valence-corrected chi connectivity index (χ4v) is 2.37. The van der Waals surface area contributed by atoms with Crippen molar-refractivity contribution in [2.75, 3.05) is 6.61 Å². The van der Waals surface area contributed by atoms with Crippen LogP contribution in [0.15, 0.2) is 47.5 Å². The fourth-order valence-electron chi connectivity index (χ4n) is 2.37. The second-order valence-electron chi connectivity index (χ2n) is 5.02. The molecule has 5 nitrogen and oxygen atoms in total. The van der Waals surface area contributed by atoms with E-state index in [-0.39, 0.29) is 5.75 Å². The highest BCUT2D eigenvalue weighted by atomic mass is 16.7. The maximum Gasteiger partial charge on any atom is 0.206 e. The molecule has 0 saturated carbocycles. The molecule has 1 atom stereocenters. The molecular formula is C17H18N2O3. The molecule has 0 spiro atoms. The molecule has 5 heteroatoms. The van der Waals surface area contributed by atoms with E-state index in [1.54, 1.807) is 18.2 Å². The van der Waals surface area contributed by atoms with Gasteiger partial charge in [0.2, 0.25) is 6.23 Å². The van der Waals surface area contributed by atoms with Crippen LogP contribution >= 0.6 is 0 Å². The van der Waals surface area contributed by atoms with Crippen LogP contribution in [0.5, 0.6) is 11.5 Å². The predicted molar refractivity (Wildman–Crippen MR) is 84.0 cm³/mol. The van der Waals surface area contributed by atoms with Crippen LogP contribution in [-0.4, -0.2) is 17.5 Å². The molecule has 1 aliphatic rings. The summed E-state index contributed by atoms with van der Waals surface area (Å²) in [5.74, 6) is 1.39. The van der Waals surface area contributed by atoms with Gasteiger partial charge in [-0.1, -0.05) is 24.3 Å². The van der Waals surface area contributed by atoms with Gasteiger partial charge in [-0.25, -0.2) is 15.3 Å². The summed E-state index contributed by atoms with van der Waals surface area (Å²) in [4.78, 5) is 10.00. The number of nitrogens with one attached hydrogen (secondary N) is 1. The first-order chi connectivity index (χ1) is 10.7. The average Bonchev–Trinajstić information content (AvgIpc) is 2.97. The Morgan fingerprint density at radius 2 is 2.09 bits per heavy atom. The summed E-state index contributed by atoms with van der Waals surface area (Å²) >= 11 is 0. The van der Waals surface area contributed by atoms with Gasteiger partial charge in [-0.15, -0.1) is 0 Å². The van der Waals surface area contributed by atoms with Gasteiger partial charge in [0.15, 0.2) is 5.84 Å². The molecule has 0 amide bonds. The van der Waals surface area contributed by atoms with Crippen molar-refractivity contribution >= 4 is 5.84 Å². The highest BCUT2D eigenvalue weighted by molar-refractivity contribution is 6.00. The lowest BCUT2D eigenvalue weighted by Gasteiger charge is -2.10. The minimum atomic E-state index is -0.578. The highest BCUT2D eigenvalue weighted by Gasteiger charge is 2.24. The summed E-state index contributed by atoms with van der Waals surface area (Å²) in [6, 6.07) is 13.1. The number of aromatic hydroxyl groups is 1. The standard InChI is InChI=1S/C17H18N2O3/c1-3-21-12-8-9-14(15(20)10-12)17-18-16(19-22-17)13-7-5-4-6-11(13)2/h4-10,17,20H,3H2,1-2H3,(H,18,19)/t17-/m1/s1. The number of phenolic OH excluding ortho intramolecular Hbond substituents is 1. The van der Waals surface area contributed by atoms with E-state index in [9.17, 15) is 5.11 Å². The van der Waals surface area contributed by atoms with Gasteiger partial charge >= 0.3 is 0 Å². The third kappa shape index (κ3) is 2.76. The Balaban J connectivity index is 1.87. The van der Waals surface area contributed by atoms with Crippen molar-refractivity contribution in [3.8, 4) is 11.5 Å².